The van der Waals surface area contributed by atoms with Crippen molar-refractivity contribution in [2.45, 2.75) is 19.9 Å². The highest BCUT2D eigenvalue weighted by Gasteiger charge is 2.22. The number of nitrogens with one attached hydrogen (secondary N) is 1. The Kier molecular flexibility index (Phi) is 6.29. The van der Waals surface area contributed by atoms with Crippen molar-refractivity contribution in [3.05, 3.63) is 97.8 Å². The van der Waals surface area contributed by atoms with Gasteiger partial charge in [-0.25, -0.2) is 9.59 Å². The van der Waals surface area contributed by atoms with Gasteiger partial charge in [0.25, 0.3) is 5.56 Å². The Morgan fingerprint density at radius 1 is 1.00 bits per heavy atom. The van der Waals surface area contributed by atoms with Gasteiger partial charge in [-0.15, -0.1) is 0 Å². The summed E-state index contributed by atoms with van der Waals surface area (Å²) >= 11 is 0. The fraction of sp³-hybridized carbons (Fsp3) is 0.227. The lowest BCUT2D eigenvalue weighted by Gasteiger charge is -2.16. The first-order chi connectivity index (χ1) is 14.0. The summed E-state index contributed by atoms with van der Waals surface area (Å²) in [5, 5.41) is 0. The van der Waals surface area contributed by atoms with Crippen LogP contribution in [0.25, 0.3) is 0 Å². The van der Waals surface area contributed by atoms with Crippen LogP contribution in [0.15, 0.2) is 64.2 Å². The second-order valence-corrected chi connectivity index (χ2v) is 6.40. The number of esters is 1. The standard InChI is InChI=1S/C22H22N2O5/c1-3-29-21(26)19-18(13-15-7-5-4-6-8-15)24(22(27)23-20(19)25)14-16-9-11-17(28-2)12-10-16/h4-12H,3,13-14H2,1-2H3,(H,23,25,27). The van der Waals surface area contributed by atoms with E-state index in [9.17, 15) is 14.4 Å². The summed E-state index contributed by atoms with van der Waals surface area (Å²) in [6.07, 6.45) is 0.240. The third-order valence-electron chi connectivity index (χ3n) is 4.50. The Hall–Kier alpha value is -3.61. The fourth-order valence-corrected chi connectivity index (χ4v) is 3.08. The molecule has 0 fully saturated rings. The largest absolute Gasteiger partial charge is 0.497 e. The molecule has 0 spiro atoms. The van der Waals surface area contributed by atoms with Crippen LogP contribution in [0.3, 0.4) is 0 Å². The molecule has 0 radical (unpaired) electrons. The maximum absolute atomic E-state index is 12.6. The molecule has 1 aromatic heterocycles. The number of nitrogens with zero attached hydrogens (tertiary/aromatic N) is 1. The van der Waals surface area contributed by atoms with Crippen LogP contribution < -0.4 is 16.0 Å². The summed E-state index contributed by atoms with van der Waals surface area (Å²) in [4.78, 5) is 39.9. The molecule has 0 aliphatic rings. The van der Waals surface area contributed by atoms with E-state index in [1.807, 2.05) is 42.5 Å². The van der Waals surface area contributed by atoms with Crippen LogP contribution in [0.4, 0.5) is 0 Å². The molecule has 0 atom stereocenters. The molecule has 2 aromatic carbocycles. The van der Waals surface area contributed by atoms with Gasteiger partial charge in [-0.2, -0.15) is 0 Å². The van der Waals surface area contributed by atoms with E-state index < -0.39 is 17.2 Å². The number of carbonyl (C=O) groups is 1. The fourth-order valence-electron chi connectivity index (χ4n) is 3.08. The van der Waals surface area contributed by atoms with Gasteiger partial charge in [0, 0.05) is 12.1 Å². The number of methoxy groups -OCH3 is 1. The Labute approximate surface area is 167 Å². The van der Waals surface area contributed by atoms with Gasteiger partial charge in [0.1, 0.15) is 11.3 Å². The van der Waals surface area contributed by atoms with Gasteiger partial charge in [0.2, 0.25) is 0 Å². The minimum atomic E-state index is -0.747. The quantitative estimate of drug-likeness (QED) is 0.622. The molecule has 0 bridgehead atoms. The molecule has 7 nitrogen and oxygen atoms in total. The molecule has 3 aromatic rings. The van der Waals surface area contributed by atoms with Crippen LogP contribution >= 0.6 is 0 Å². The maximum atomic E-state index is 12.6. The Bertz CT molecular complexity index is 1100. The molecule has 0 aliphatic carbocycles. The molecule has 0 aliphatic heterocycles. The molecule has 1 N–H and O–H groups in total. The van der Waals surface area contributed by atoms with Crippen molar-refractivity contribution in [3.8, 4) is 5.75 Å². The monoisotopic (exact) mass is 394 g/mol. The van der Waals surface area contributed by atoms with Gasteiger partial charge in [-0.1, -0.05) is 42.5 Å². The van der Waals surface area contributed by atoms with Crippen LogP contribution in [0.5, 0.6) is 5.75 Å². The topological polar surface area (TPSA) is 90.4 Å². The number of aromatic amines is 1. The van der Waals surface area contributed by atoms with Crippen molar-refractivity contribution in [2.75, 3.05) is 13.7 Å². The number of ether oxygens (including phenoxy) is 2. The molecule has 0 saturated heterocycles. The zero-order chi connectivity index (χ0) is 20.8. The molecule has 1 heterocycles. The molecular formula is C22H22N2O5. The second-order valence-electron chi connectivity index (χ2n) is 6.40. The highest BCUT2D eigenvalue weighted by Crippen LogP contribution is 2.16. The Balaban J connectivity index is 2.14. The van der Waals surface area contributed by atoms with Gasteiger partial charge in [0.05, 0.1) is 20.3 Å². The third kappa shape index (κ3) is 4.63. The summed E-state index contributed by atoms with van der Waals surface area (Å²) < 4.78 is 11.6. The first-order valence-electron chi connectivity index (χ1n) is 9.23. The number of benzene rings is 2. The van der Waals surface area contributed by atoms with E-state index in [4.69, 9.17) is 9.47 Å². The van der Waals surface area contributed by atoms with Gasteiger partial charge in [0.15, 0.2) is 0 Å². The highest BCUT2D eigenvalue weighted by atomic mass is 16.5. The van der Waals surface area contributed by atoms with Crippen LogP contribution in [-0.4, -0.2) is 29.2 Å². The normalized spacial score (nSPS) is 10.6. The summed E-state index contributed by atoms with van der Waals surface area (Å²) in [5.74, 6) is -0.0533. The third-order valence-corrected chi connectivity index (χ3v) is 4.50. The molecule has 0 amide bonds. The van der Waals surface area contributed by atoms with Gasteiger partial charge in [-0.05, 0) is 30.2 Å². The Morgan fingerprint density at radius 3 is 2.31 bits per heavy atom. The lowest BCUT2D eigenvalue weighted by Crippen LogP contribution is -2.38. The summed E-state index contributed by atoms with van der Waals surface area (Å²) in [6, 6.07) is 16.6. The van der Waals surface area contributed by atoms with Crippen LogP contribution in [0, 0.1) is 0 Å². The molecular weight excluding hydrogens is 372 g/mol. The molecule has 7 heteroatoms. The van der Waals surface area contributed by atoms with Crippen LogP contribution in [0.1, 0.15) is 34.1 Å². The summed E-state index contributed by atoms with van der Waals surface area (Å²) in [5.41, 5.74) is 0.536. The van der Waals surface area contributed by atoms with Crippen molar-refractivity contribution in [1.82, 2.24) is 9.55 Å². The second kappa shape index (κ2) is 9.05. The lowest BCUT2D eigenvalue weighted by atomic mass is 10.0. The van der Waals surface area contributed by atoms with Crippen molar-refractivity contribution in [1.29, 1.82) is 0 Å². The first-order valence-corrected chi connectivity index (χ1v) is 9.23. The van der Waals surface area contributed by atoms with Crippen molar-refractivity contribution < 1.29 is 14.3 Å². The van der Waals surface area contributed by atoms with Gasteiger partial charge in [-0.3, -0.25) is 14.3 Å². The van der Waals surface area contributed by atoms with E-state index in [2.05, 4.69) is 4.98 Å². The predicted molar refractivity (Wildman–Crippen MR) is 109 cm³/mol. The zero-order valence-corrected chi connectivity index (χ0v) is 16.3. The zero-order valence-electron chi connectivity index (χ0n) is 16.3. The Morgan fingerprint density at radius 2 is 1.69 bits per heavy atom. The predicted octanol–water partition coefficient (Wildman–Crippen LogP) is 2.36. The van der Waals surface area contributed by atoms with E-state index in [0.29, 0.717) is 11.4 Å². The average molecular weight is 394 g/mol. The van der Waals surface area contributed by atoms with E-state index >= 15 is 0 Å². The highest BCUT2D eigenvalue weighted by molar-refractivity contribution is 5.90. The van der Waals surface area contributed by atoms with Crippen molar-refractivity contribution in [2.24, 2.45) is 0 Å². The van der Waals surface area contributed by atoms with Gasteiger partial charge >= 0.3 is 11.7 Å². The van der Waals surface area contributed by atoms with E-state index in [0.717, 1.165) is 11.1 Å². The molecule has 0 unspecified atom stereocenters. The smallest absolute Gasteiger partial charge is 0.345 e. The number of aromatic nitrogens is 2. The maximum Gasteiger partial charge on any atom is 0.345 e. The van der Waals surface area contributed by atoms with E-state index in [1.165, 1.54) is 4.57 Å². The van der Waals surface area contributed by atoms with Crippen LogP contribution in [-0.2, 0) is 17.7 Å². The number of hydrogen-bond donors (Lipinski definition) is 1. The SMILES string of the molecule is CCOC(=O)c1c(Cc2ccccc2)n(Cc2ccc(OC)cc2)c(=O)[nH]c1=O. The number of H-pyrrole nitrogens is 1. The van der Waals surface area contributed by atoms with Crippen molar-refractivity contribution in [3.63, 3.8) is 0 Å². The number of rotatable bonds is 7. The number of hydrogen-bond acceptors (Lipinski definition) is 5. The summed E-state index contributed by atoms with van der Waals surface area (Å²) in [6.45, 7) is 1.98. The molecule has 29 heavy (non-hydrogen) atoms. The van der Waals surface area contributed by atoms with Crippen molar-refractivity contribution >= 4 is 5.97 Å². The first kappa shape index (κ1) is 20.1. The average Bonchev–Trinajstić information content (AvgIpc) is 2.72. The molecule has 0 saturated carbocycles. The summed E-state index contributed by atoms with van der Waals surface area (Å²) in [7, 11) is 1.57. The van der Waals surface area contributed by atoms with E-state index in [1.54, 1.807) is 26.2 Å². The minimum absolute atomic E-state index is 0.126. The number of carbonyl (C=O) groups excluding carboxylic acids is 1. The molecule has 150 valence electrons. The van der Waals surface area contributed by atoms with Gasteiger partial charge < -0.3 is 9.47 Å². The van der Waals surface area contributed by atoms with Crippen LogP contribution in [0.2, 0.25) is 0 Å². The lowest BCUT2D eigenvalue weighted by molar-refractivity contribution is 0.0521. The van der Waals surface area contributed by atoms with E-state index in [-0.39, 0.29) is 25.1 Å². The minimum Gasteiger partial charge on any atom is -0.497 e. The molecule has 3 rings (SSSR count).